The molecule has 2 aliphatic heterocycles. The molecule has 0 bridgehead atoms. The molecule has 2 aromatic carbocycles. The van der Waals surface area contributed by atoms with Gasteiger partial charge in [-0.25, -0.2) is 19.2 Å². The molecule has 5 rings (SSSR count). The van der Waals surface area contributed by atoms with Crippen molar-refractivity contribution in [2.75, 3.05) is 48.4 Å². The Kier molecular flexibility index (Phi) is 7.45. The summed E-state index contributed by atoms with van der Waals surface area (Å²) < 4.78 is 36.1. The molecule has 3 aromatic rings. The van der Waals surface area contributed by atoms with Gasteiger partial charge >= 0.3 is 6.03 Å². The van der Waals surface area contributed by atoms with Crippen LogP contribution in [0.15, 0.2) is 48.5 Å². The molecule has 1 aromatic heterocycles. The van der Waals surface area contributed by atoms with Gasteiger partial charge in [0.15, 0.2) is 23.7 Å². The third-order valence-corrected chi connectivity index (χ3v) is 5.83. The van der Waals surface area contributed by atoms with Crippen LogP contribution < -0.4 is 20.3 Å². The summed E-state index contributed by atoms with van der Waals surface area (Å²) in [5, 5.41) is 5.42. The highest BCUT2D eigenvalue weighted by molar-refractivity contribution is 5.99. The Morgan fingerprint density at radius 1 is 1.03 bits per heavy atom. The average Bonchev–Trinajstić information content (AvgIpc) is 2.89. The molecule has 2 amide bonds. The highest BCUT2D eigenvalue weighted by Crippen LogP contribution is 2.41. The number of nitrogens with one attached hydrogen (secondary N) is 2. The van der Waals surface area contributed by atoms with E-state index in [1.807, 2.05) is 26.0 Å². The van der Waals surface area contributed by atoms with Gasteiger partial charge in [-0.2, -0.15) is 0 Å². The zero-order valence-electron chi connectivity index (χ0n) is 20.6. The molecule has 2 N–H and O–H groups in total. The molecule has 0 aliphatic carbocycles. The number of hydrogen-bond acceptors (Lipinski definition) is 8. The number of aromatic nitrogens is 2. The lowest BCUT2D eigenvalue weighted by Gasteiger charge is -2.35. The first-order chi connectivity index (χ1) is 18.0. The quantitative estimate of drug-likeness (QED) is 0.478. The Morgan fingerprint density at radius 3 is 2.24 bits per heavy atom. The summed E-state index contributed by atoms with van der Waals surface area (Å²) in [5.74, 6) is 1.32. The minimum atomic E-state index is -0.644. The molecule has 3 heterocycles. The van der Waals surface area contributed by atoms with E-state index >= 15 is 0 Å². The molecule has 194 valence electrons. The van der Waals surface area contributed by atoms with Crippen molar-refractivity contribution in [1.82, 2.24) is 9.97 Å². The number of morpholine rings is 1. The molecule has 2 aliphatic rings. The van der Waals surface area contributed by atoms with Crippen molar-refractivity contribution in [3.05, 3.63) is 60.0 Å². The number of benzene rings is 2. The van der Waals surface area contributed by atoms with E-state index in [4.69, 9.17) is 28.9 Å². The Labute approximate surface area is 213 Å². The van der Waals surface area contributed by atoms with Crippen molar-refractivity contribution in [3.63, 3.8) is 0 Å². The molecule has 10 nitrogen and oxygen atoms in total. The van der Waals surface area contributed by atoms with Crippen LogP contribution in [0.3, 0.4) is 0 Å². The fourth-order valence-corrected chi connectivity index (χ4v) is 4.03. The van der Waals surface area contributed by atoms with E-state index in [-0.39, 0.29) is 12.1 Å². The van der Waals surface area contributed by atoms with Gasteiger partial charge in [0.2, 0.25) is 6.29 Å². The Morgan fingerprint density at radius 2 is 1.65 bits per heavy atom. The zero-order chi connectivity index (χ0) is 25.8. The van der Waals surface area contributed by atoms with Crippen LogP contribution in [0.4, 0.5) is 26.4 Å². The van der Waals surface area contributed by atoms with Gasteiger partial charge in [0.1, 0.15) is 11.5 Å². The fourth-order valence-electron chi connectivity index (χ4n) is 4.03. The molecule has 0 unspecified atom stereocenters. The number of halogens is 1. The maximum Gasteiger partial charge on any atom is 0.323 e. The summed E-state index contributed by atoms with van der Waals surface area (Å²) in [6.45, 7) is 6.69. The first-order valence-electron chi connectivity index (χ1n) is 12.1. The Hall–Kier alpha value is -3.80. The van der Waals surface area contributed by atoms with Crippen LogP contribution in [0.1, 0.15) is 25.8 Å². The minimum Gasteiger partial charge on any atom is -0.488 e. The van der Waals surface area contributed by atoms with E-state index in [1.54, 1.807) is 12.1 Å². The van der Waals surface area contributed by atoms with Crippen LogP contribution in [-0.4, -0.2) is 55.2 Å². The number of nitrogens with zero attached hydrogens (tertiary/aromatic N) is 3. The fraction of sp³-hybridized carbons (Fsp3) is 0.346. The van der Waals surface area contributed by atoms with Gasteiger partial charge in [-0.05, 0) is 62.4 Å². The second kappa shape index (κ2) is 11.1. The van der Waals surface area contributed by atoms with Crippen molar-refractivity contribution < 1.29 is 28.1 Å². The SMILES string of the molecule is CCOc1c(C2OC(C)O2)nc(-c2ccc(NC(=O)Nc3ccc(F)cc3)cc2)nc1N1CCOCC1. The number of anilines is 3. The molecule has 0 radical (unpaired) electrons. The van der Waals surface area contributed by atoms with Crippen LogP contribution in [0.2, 0.25) is 0 Å². The molecule has 11 heteroatoms. The van der Waals surface area contributed by atoms with Gasteiger partial charge < -0.3 is 34.5 Å². The van der Waals surface area contributed by atoms with Crippen LogP contribution in [-0.2, 0) is 14.2 Å². The van der Waals surface area contributed by atoms with E-state index < -0.39 is 12.3 Å². The van der Waals surface area contributed by atoms with E-state index in [0.29, 0.717) is 67.4 Å². The molecule has 0 saturated carbocycles. The lowest BCUT2D eigenvalue weighted by atomic mass is 10.1. The monoisotopic (exact) mass is 509 g/mol. The van der Waals surface area contributed by atoms with Gasteiger partial charge in [0.25, 0.3) is 0 Å². The second-order valence-corrected chi connectivity index (χ2v) is 8.45. The first kappa shape index (κ1) is 24.9. The second-order valence-electron chi connectivity index (χ2n) is 8.45. The number of ether oxygens (including phenoxy) is 4. The summed E-state index contributed by atoms with van der Waals surface area (Å²) in [6, 6.07) is 12.2. The third-order valence-electron chi connectivity index (χ3n) is 5.83. The van der Waals surface area contributed by atoms with Crippen LogP contribution in [0, 0.1) is 5.82 Å². The summed E-state index contributed by atoms with van der Waals surface area (Å²) in [5.41, 5.74) is 2.33. The highest BCUT2D eigenvalue weighted by Gasteiger charge is 2.36. The summed E-state index contributed by atoms with van der Waals surface area (Å²) in [6.07, 6.45) is -0.967. The largest absolute Gasteiger partial charge is 0.488 e. The summed E-state index contributed by atoms with van der Waals surface area (Å²) in [7, 11) is 0. The molecular weight excluding hydrogens is 481 g/mol. The summed E-state index contributed by atoms with van der Waals surface area (Å²) in [4.78, 5) is 24.0. The minimum absolute atomic E-state index is 0.323. The van der Waals surface area contributed by atoms with E-state index in [9.17, 15) is 9.18 Å². The summed E-state index contributed by atoms with van der Waals surface area (Å²) >= 11 is 0. The maximum atomic E-state index is 13.1. The molecule has 37 heavy (non-hydrogen) atoms. The molecule has 2 fully saturated rings. The maximum absolute atomic E-state index is 13.1. The van der Waals surface area contributed by atoms with Crippen LogP contribution in [0.5, 0.6) is 5.75 Å². The smallest absolute Gasteiger partial charge is 0.323 e. The number of carbonyl (C=O) groups is 1. The zero-order valence-corrected chi connectivity index (χ0v) is 20.6. The van der Waals surface area contributed by atoms with Crippen LogP contribution in [0.25, 0.3) is 11.4 Å². The van der Waals surface area contributed by atoms with E-state index in [0.717, 1.165) is 5.56 Å². The first-order valence-corrected chi connectivity index (χ1v) is 12.1. The van der Waals surface area contributed by atoms with Gasteiger partial charge in [-0.3, -0.25) is 0 Å². The van der Waals surface area contributed by atoms with Crippen molar-refractivity contribution in [2.45, 2.75) is 26.4 Å². The predicted octanol–water partition coefficient (Wildman–Crippen LogP) is 4.55. The average molecular weight is 510 g/mol. The number of urea groups is 1. The number of carbonyl (C=O) groups excluding carboxylic acids is 1. The third kappa shape index (κ3) is 5.79. The molecule has 0 atom stereocenters. The normalized spacial score (nSPS) is 19.2. The number of amides is 2. The topological polar surface area (TPSA) is 107 Å². The standard InChI is InChI=1S/C26H28FN5O5/c1-3-35-22-21(25-36-16(2)37-25)30-23(31-24(22)32-12-14-34-15-13-32)17-4-8-19(9-5-17)28-26(33)29-20-10-6-18(27)7-11-20/h4-11,16,25H,3,12-15H2,1-2H3,(H2,28,29,33). The van der Waals surface area contributed by atoms with Crippen LogP contribution >= 0.6 is 0 Å². The number of hydrogen-bond donors (Lipinski definition) is 2. The highest BCUT2D eigenvalue weighted by atomic mass is 19.1. The lowest BCUT2D eigenvalue weighted by molar-refractivity contribution is -0.384. The van der Waals surface area contributed by atoms with E-state index in [2.05, 4.69) is 15.5 Å². The van der Waals surface area contributed by atoms with Crippen molar-refractivity contribution in [1.29, 1.82) is 0 Å². The van der Waals surface area contributed by atoms with Gasteiger partial charge in [-0.1, -0.05) is 0 Å². The molecule has 2 saturated heterocycles. The van der Waals surface area contributed by atoms with Gasteiger partial charge in [0.05, 0.1) is 19.8 Å². The molecule has 0 spiro atoms. The van der Waals surface area contributed by atoms with Crippen molar-refractivity contribution in [2.24, 2.45) is 0 Å². The Bertz CT molecular complexity index is 1230. The molecular formula is C26H28FN5O5. The van der Waals surface area contributed by atoms with Crippen molar-refractivity contribution in [3.8, 4) is 17.1 Å². The lowest BCUT2D eigenvalue weighted by Crippen LogP contribution is -2.38. The van der Waals surface area contributed by atoms with Crippen molar-refractivity contribution >= 4 is 23.2 Å². The van der Waals surface area contributed by atoms with Gasteiger partial charge in [0, 0.05) is 30.0 Å². The number of rotatable bonds is 7. The predicted molar refractivity (Wildman–Crippen MR) is 135 cm³/mol. The van der Waals surface area contributed by atoms with E-state index in [1.165, 1.54) is 24.3 Å². The Balaban J connectivity index is 1.39. The van der Waals surface area contributed by atoms with Gasteiger partial charge in [-0.15, -0.1) is 0 Å².